The molecule has 0 saturated heterocycles. The fourth-order valence-corrected chi connectivity index (χ4v) is 2.12. The van der Waals surface area contributed by atoms with Crippen LogP contribution in [0.4, 0.5) is 5.82 Å². The lowest BCUT2D eigenvalue weighted by Crippen LogP contribution is -2.02. The fraction of sp³-hybridized carbons (Fsp3) is 0.375. The van der Waals surface area contributed by atoms with Gasteiger partial charge in [-0.05, 0) is 25.5 Å². The highest BCUT2D eigenvalue weighted by Gasteiger charge is 2.11. The van der Waals surface area contributed by atoms with Gasteiger partial charge >= 0.3 is 0 Å². The Hall–Kier alpha value is -2.10. The number of anilines is 1. The predicted octanol–water partition coefficient (Wildman–Crippen LogP) is 3.45. The Morgan fingerprint density at radius 1 is 1.20 bits per heavy atom. The molecule has 0 fully saturated rings. The highest BCUT2D eigenvalue weighted by Crippen LogP contribution is 2.30. The van der Waals surface area contributed by atoms with Crippen molar-refractivity contribution in [3.05, 3.63) is 35.7 Å². The number of methoxy groups -OCH3 is 1. The van der Waals surface area contributed by atoms with Crippen LogP contribution in [0.1, 0.15) is 24.7 Å². The molecular formula is C16H21N3O. The van der Waals surface area contributed by atoms with Crippen LogP contribution >= 0.6 is 0 Å². The van der Waals surface area contributed by atoms with Gasteiger partial charge in [0.1, 0.15) is 17.4 Å². The number of hydrogen-bond acceptors (Lipinski definition) is 4. The lowest BCUT2D eigenvalue weighted by atomic mass is 10.1. The Balaban J connectivity index is 2.56. The van der Waals surface area contributed by atoms with Crippen molar-refractivity contribution in [1.29, 1.82) is 0 Å². The topological polar surface area (TPSA) is 47.0 Å². The molecule has 2 rings (SSSR count). The minimum Gasteiger partial charge on any atom is -0.496 e. The van der Waals surface area contributed by atoms with Crippen LogP contribution < -0.4 is 10.1 Å². The molecule has 0 amide bonds. The Labute approximate surface area is 120 Å². The van der Waals surface area contributed by atoms with Gasteiger partial charge in [-0.3, -0.25) is 0 Å². The van der Waals surface area contributed by atoms with Gasteiger partial charge in [-0.1, -0.05) is 18.6 Å². The van der Waals surface area contributed by atoms with E-state index < -0.39 is 0 Å². The van der Waals surface area contributed by atoms with Crippen molar-refractivity contribution in [3.8, 4) is 17.0 Å². The number of ether oxygens (including phenoxy) is 1. The first kappa shape index (κ1) is 14.3. The van der Waals surface area contributed by atoms with Crippen LogP contribution in [0, 0.1) is 6.92 Å². The van der Waals surface area contributed by atoms with Crippen molar-refractivity contribution < 1.29 is 4.74 Å². The van der Waals surface area contributed by atoms with Gasteiger partial charge in [-0.15, -0.1) is 0 Å². The SMILES string of the molecule is CCCc1nc(NC)cc(-c2cc(C)ccc2OC)n1. The van der Waals surface area contributed by atoms with Crippen LogP contribution in [0.25, 0.3) is 11.3 Å². The van der Waals surface area contributed by atoms with Gasteiger partial charge in [0.25, 0.3) is 0 Å². The van der Waals surface area contributed by atoms with Crippen molar-refractivity contribution in [2.45, 2.75) is 26.7 Å². The molecule has 1 N–H and O–H groups in total. The molecule has 4 nitrogen and oxygen atoms in total. The minimum absolute atomic E-state index is 0.832. The molecule has 0 bridgehead atoms. The van der Waals surface area contributed by atoms with Gasteiger partial charge in [-0.25, -0.2) is 9.97 Å². The van der Waals surface area contributed by atoms with Crippen LogP contribution in [-0.4, -0.2) is 24.1 Å². The highest BCUT2D eigenvalue weighted by molar-refractivity contribution is 5.70. The fourth-order valence-electron chi connectivity index (χ4n) is 2.12. The number of hydrogen-bond donors (Lipinski definition) is 1. The molecule has 0 atom stereocenters. The molecule has 1 aromatic carbocycles. The van der Waals surface area contributed by atoms with Crippen LogP contribution in [0.2, 0.25) is 0 Å². The zero-order valence-corrected chi connectivity index (χ0v) is 12.5. The second-order valence-corrected chi connectivity index (χ2v) is 4.76. The van der Waals surface area contributed by atoms with Gasteiger partial charge in [0, 0.05) is 25.1 Å². The number of nitrogens with zero attached hydrogens (tertiary/aromatic N) is 2. The van der Waals surface area contributed by atoms with E-state index >= 15 is 0 Å². The van der Waals surface area contributed by atoms with Crippen LogP contribution in [-0.2, 0) is 6.42 Å². The largest absolute Gasteiger partial charge is 0.496 e. The summed E-state index contributed by atoms with van der Waals surface area (Å²) in [6, 6.07) is 8.06. The van der Waals surface area contributed by atoms with E-state index in [-0.39, 0.29) is 0 Å². The lowest BCUT2D eigenvalue weighted by molar-refractivity contribution is 0.416. The second kappa shape index (κ2) is 6.37. The van der Waals surface area contributed by atoms with E-state index in [2.05, 4.69) is 35.2 Å². The van der Waals surface area contributed by atoms with Crippen molar-refractivity contribution in [2.24, 2.45) is 0 Å². The summed E-state index contributed by atoms with van der Waals surface area (Å²) in [6.07, 6.45) is 1.90. The van der Waals surface area contributed by atoms with Crippen molar-refractivity contribution in [1.82, 2.24) is 9.97 Å². The third-order valence-corrected chi connectivity index (χ3v) is 3.13. The second-order valence-electron chi connectivity index (χ2n) is 4.76. The molecule has 1 aromatic heterocycles. The number of nitrogens with one attached hydrogen (secondary N) is 1. The molecule has 20 heavy (non-hydrogen) atoms. The summed E-state index contributed by atoms with van der Waals surface area (Å²) >= 11 is 0. The summed E-state index contributed by atoms with van der Waals surface area (Å²) in [5.74, 6) is 2.53. The molecule has 0 aliphatic rings. The highest BCUT2D eigenvalue weighted by atomic mass is 16.5. The van der Waals surface area contributed by atoms with Gasteiger partial charge < -0.3 is 10.1 Å². The third-order valence-electron chi connectivity index (χ3n) is 3.13. The summed E-state index contributed by atoms with van der Waals surface area (Å²) < 4.78 is 5.45. The smallest absolute Gasteiger partial charge is 0.131 e. The maximum Gasteiger partial charge on any atom is 0.131 e. The van der Waals surface area contributed by atoms with E-state index in [9.17, 15) is 0 Å². The molecule has 2 aromatic rings. The maximum atomic E-state index is 5.45. The summed E-state index contributed by atoms with van der Waals surface area (Å²) in [5.41, 5.74) is 3.08. The van der Waals surface area contributed by atoms with Crippen molar-refractivity contribution in [3.63, 3.8) is 0 Å². The minimum atomic E-state index is 0.832. The van der Waals surface area contributed by atoms with Crippen LogP contribution in [0.5, 0.6) is 5.75 Å². The molecule has 0 unspecified atom stereocenters. The Kier molecular flexibility index (Phi) is 4.56. The van der Waals surface area contributed by atoms with Crippen molar-refractivity contribution in [2.75, 3.05) is 19.5 Å². The van der Waals surface area contributed by atoms with E-state index in [1.807, 2.05) is 25.2 Å². The monoisotopic (exact) mass is 271 g/mol. The first-order valence-corrected chi connectivity index (χ1v) is 6.88. The zero-order valence-electron chi connectivity index (χ0n) is 12.5. The molecule has 0 saturated carbocycles. The lowest BCUT2D eigenvalue weighted by Gasteiger charge is -2.11. The molecule has 1 heterocycles. The Morgan fingerprint density at radius 2 is 2.00 bits per heavy atom. The molecule has 0 aliphatic heterocycles. The van der Waals surface area contributed by atoms with E-state index in [1.165, 1.54) is 5.56 Å². The van der Waals surface area contributed by atoms with Crippen LogP contribution in [0.15, 0.2) is 24.3 Å². The standard InChI is InChI=1S/C16H21N3O/c1-5-6-15-18-13(10-16(17-3)19-15)12-9-11(2)7-8-14(12)20-4/h7-10H,5-6H2,1-4H3,(H,17,18,19). The summed E-state index contributed by atoms with van der Waals surface area (Å²) in [5, 5.41) is 3.10. The quantitative estimate of drug-likeness (QED) is 0.904. The number of benzene rings is 1. The number of aromatic nitrogens is 2. The third kappa shape index (κ3) is 3.07. The Bertz CT molecular complexity index is 596. The summed E-state index contributed by atoms with van der Waals surface area (Å²) in [6.45, 7) is 4.19. The molecular weight excluding hydrogens is 250 g/mol. The Morgan fingerprint density at radius 3 is 2.65 bits per heavy atom. The summed E-state index contributed by atoms with van der Waals surface area (Å²) in [7, 11) is 3.55. The van der Waals surface area contributed by atoms with Gasteiger partial charge in [0.2, 0.25) is 0 Å². The average Bonchev–Trinajstić information content (AvgIpc) is 2.47. The molecule has 0 aliphatic carbocycles. The number of rotatable bonds is 5. The number of aryl methyl sites for hydroxylation is 2. The van der Waals surface area contributed by atoms with Gasteiger partial charge in [-0.2, -0.15) is 0 Å². The maximum absolute atomic E-state index is 5.45. The first-order chi connectivity index (χ1) is 9.67. The van der Waals surface area contributed by atoms with Gasteiger partial charge in [0.05, 0.1) is 12.8 Å². The van der Waals surface area contributed by atoms with E-state index in [0.29, 0.717) is 0 Å². The first-order valence-electron chi connectivity index (χ1n) is 6.88. The summed E-state index contributed by atoms with van der Waals surface area (Å²) in [4.78, 5) is 9.14. The average molecular weight is 271 g/mol. The van der Waals surface area contributed by atoms with E-state index in [0.717, 1.165) is 41.5 Å². The normalized spacial score (nSPS) is 10.4. The molecule has 0 spiro atoms. The van der Waals surface area contributed by atoms with Crippen molar-refractivity contribution >= 4 is 5.82 Å². The molecule has 106 valence electrons. The van der Waals surface area contributed by atoms with E-state index in [4.69, 9.17) is 4.74 Å². The molecule has 0 radical (unpaired) electrons. The van der Waals surface area contributed by atoms with Gasteiger partial charge in [0.15, 0.2) is 0 Å². The van der Waals surface area contributed by atoms with E-state index in [1.54, 1.807) is 7.11 Å². The predicted molar refractivity (Wildman–Crippen MR) is 82.3 cm³/mol. The molecule has 4 heteroatoms. The zero-order chi connectivity index (χ0) is 14.5. The van der Waals surface area contributed by atoms with Crippen LogP contribution in [0.3, 0.4) is 0 Å².